The van der Waals surface area contributed by atoms with Crippen molar-refractivity contribution in [3.8, 4) is 6.07 Å². The van der Waals surface area contributed by atoms with Crippen LogP contribution in [-0.2, 0) is 23.1 Å². The molecule has 37 heavy (non-hydrogen) atoms. The van der Waals surface area contributed by atoms with Crippen LogP contribution in [0.3, 0.4) is 0 Å². The molecule has 8 rings (SSSR count). The number of aryl methyl sites for hydroxylation is 1. The number of anilines is 1. The van der Waals surface area contributed by atoms with E-state index in [2.05, 4.69) is 40.7 Å². The number of amides is 1. The van der Waals surface area contributed by atoms with Crippen molar-refractivity contribution in [3.63, 3.8) is 0 Å². The Balaban J connectivity index is 1.19. The molecular formula is C30H25N5OS. The number of carbonyl (C=O) groups is 1. The molecule has 2 aromatic carbocycles. The maximum atomic E-state index is 14.0. The van der Waals surface area contributed by atoms with Crippen LogP contribution >= 0.6 is 11.3 Å². The van der Waals surface area contributed by atoms with E-state index in [1.165, 1.54) is 17.0 Å². The molecule has 0 saturated carbocycles. The highest BCUT2D eigenvalue weighted by atomic mass is 32.1. The number of imidazole rings is 1. The molecule has 1 unspecified atom stereocenters. The van der Waals surface area contributed by atoms with Gasteiger partial charge >= 0.3 is 0 Å². The number of aromatic nitrogens is 3. The third-order valence-corrected chi connectivity index (χ3v) is 9.07. The van der Waals surface area contributed by atoms with Crippen LogP contribution in [0.4, 0.5) is 5.13 Å². The molecule has 2 aromatic heterocycles. The Morgan fingerprint density at radius 2 is 1.89 bits per heavy atom. The van der Waals surface area contributed by atoms with Gasteiger partial charge in [-0.15, -0.1) is 11.3 Å². The molecule has 0 spiro atoms. The molecule has 4 aromatic rings. The molecule has 2 bridgehead atoms. The topological polar surface area (TPSA) is 94.5 Å². The van der Waals surface area contributed by atoms with Crippen LogP contribution in [0.1, 0.15) is 70.8 Å². The predicted octanol–water partition coefficient (Wildman–Crippen LogP) is 5.72. The summed E-state index contributed by atoms with van der Waals surface area (Å²) < 4.78 is 0. The van der Waals surface area contributed by atoms with Gasteiger partial charge in [0.05, 0.1) is 22.9 Å². The van der Waals surface area contributed by atoms with Gasteiger partial charge in [0.1, 0.15) is 11.2 Å². The van der Waals surface area contributed by atoms with Crippen LogP contribution in [0.5, 0.6) is 0 Å². The molecule has 2 heterocycles. The molecule has 6 nitrogen and oxygen atoms in total. The Morgan fingerprint density at radius 3 is 2.59 bits per heavy atom. The molecule has 0 aliphatic heterocycles. The number of nitrogens with one attached hydrogen (secondary N) is 2. The van der Waals surface area contributed by atoms with E-state index in [4.69, 9.17) is 9.97 Å². The zero-order valence-corrected chi connectivity index (χ0v) is 21.2. The molecule has 0 saturated heterocycles. The van der Waals surface area contributed by atoms with E-state index in [9.17, 15) is 10.1 Å². The van der Waals surface area contributed by atoms with Crippen molar-refractivity contribution in [3.05, 3.63) is 105 Å². The first-order valence-electron chi connectivity index (χ1n) is 12.6. The predicted molar refractivity (Wildman–Crippen MR) is 143 cm³/mol. The van der Waals surface area contributed by atoms with Crippen LogP contribution in [0.15, 0.2) is 60.0 Å². The van der Waals surface area contributed by atoms with Gasteiger partial charge < -0.3 is 10.3 Å². The van der Waals surface area contributed by atoms with Crippen LogP contribution in [0, 0.1) is 16.7 Å². The van der Waals surface area contributed by atoms with E-state index in [0.29, 0.717) is 18.0 Å². The Morgan fingerprint density at radius 1 is 1.16 bits per heavy atom. The van der Waals surface area contributed by atoms with Crippen molar-refractivity contribution < 1.29 is 4.79 Å². The lowest BCUT2D eigenvalue weighted by Gasteiger charge is -2.54. The zero-order chi connectivity index (χ0) is 25.2. The van der Waals surface area contributed by atoms with Gasteiger partial charge in [-0.05, 0) is 54.5 Å². The fourth-order valence-corrected chi connectivity index (χ4v) is 7.36. The maximum absolute atomic E-state index is 14.0. The van der Waals surface area contributed by atoms with Crippen LogP contribution in [0.25, 0.3) is 6.08 Å². The van der Waals surface area contributed by atoms with Gasteiger partial charge in [-0.1, -0.05) is 54.6 Å². The van der Waals surface area contributed by atoms with E-state index in [0.717, 1.165) is 52.3 Å². The van der Waals surface area contributed by atoms with Crippen LogP contribution < -0.4 is 5.32 Å². The van der Waals surface area contributed by atoms with Crippen molar-refractivity contribution in [1.29, 1.82) is 5.26 Å². The number of hydrogen-bond donors (Lipinski definition) is 2. The smallest absolute Gasteiger partial charge is 0.233 e. The third kappa shape index (κ3) is 3.19. The van der Waals surface area contributed by atoms with Gasteiger partial charge in [0.25, 0.3) is 0 Å². The Bertz CT molecular complexity index is 1590. The fourth-order valence-electron chi connectivity index (χ4n) is 6.66. The number of fused-ring (bicyclic) bond motifs is 2. The minimum atomic E-state index is -0.852. The summed E-state index contributed by atoms with van der Waals surface area (Å²) >= 11 is 1.43. The summed E-state index contributed by atoms with van der Waals surface area (Å²) in [4.78, 5) is 26.8. The quantitative estimate of drug-likeness (QED) is 0.372. The Hall–Kier alpha value is -4.02. The zero-order valence-electron chi connectivity index (χ0n) is 20.4. The highest BCUT2D eigenvalue weighted by Gasteiger charge is 2.61. The van der Waals surface area contributed by atoms with Gasteiger partial charge in [-0.25, -0.2) is 9.97 Å². The fraction of sp³-hybridized carbons (Fsp3) is 0.267. The average Bonchev–Trinajstić information content (AvgIpc) is 3.54. The van der Waals surface area contributed by atoms with Gasteiger partial charge in [0.2, 0.25) is 5.91 Å². The number of rotatable bonds is 4. The number of allylic oxidation sites excluding steroid dienone is 1. The number of aromatic amines is 1. The number of carbonyl (C=O) groups excluding carboxylic acids is 1. The number of hydrogen-bond acceptors (Lipinski definition) is 5. The lowest BCUT2D eigenvalue weighted by atomic mass is 9.47. The molecule has 1 atom stereocenters. The molecule has 1 amide bonds. The van der Waals surface area contributed by atoms with Crippen LogP contribution in [0.2, 0.25) is 0 Å². The molecule has 7 heteroatoms. The summed E-state index contributed by atoms with van der Waals surface area (Å²) in [5, 5.41) is 16.2. The second kappa shape index (κ2) is 7.99. The van der Waals surface area contributed by atoms with Crippen molar-refractivity contribution >= 4 is 28.5 Å². The molecule has 182 valence electrons. The monoisotopic (exact) mass is 503 g/mol. The summed E-state index contributed by atoms with van der Waals surface area (Å²) in [6, 6.07) is 18.9. The maximum Gasteiger partial charge on any atom is 0.233 e. The second-order valence-electron chi connectivity index (χ2n) is 10.5. The highest BCUT2D eigenvalue weighted by Crippen LogP contribution is 2.63. The average molecular weight is 504 g/mol. The van der Waals surface area contributed by atoms with Crippen molar-refractivity contribution in [2.24, 2.45) is 5.41 Å². The molecular weight excluding hydrogens is 478 g/mol. The molecule has 4 aliphatic rings. The van der Waals surface area contributed by atoms with E-state index in [-0.39, 0.29) is 11.8 Å². The van der Waals surface area contributed by atoms with Crippen molar-refractivity contribution in [2.45, 2.75) is 43.9 Å². The summed E-state index contributed by atoms with van der Waals surface area (Å²) in [5.74, 6) is 0.665. The number of nitrogens with zero attached hydrogens (tertiary/aromatic N) is 3. The molecule has 2 N–H and O–H groups in total. The van der Waals surface area contributed by atoms with Crippen molar-refractivity contribution in [2.75, 3.05) is 5.32 Å². The van der Waals surface area contributed by atoms with Gasteiger partial charge in [-0.3, -0.25) is 4.79 Å². The summed E-state index contributed by atoms with van der Waals surface area (Å²) in [6.45, 7) is 2.00. The second-order valence-corrected chi connectivity index (χ2v) is 11.3. The van der Waals surface area contributed by atoms with E-state index < -0.39 is 10.8 Å². The summed E-state index contributed by atoms with van der Waals surface area (Å²) in [5.41, 5.74) is 5.61. The SMILES string of the molecule is CC1(C(=O)Nc2nc(Cc3nc4c([nH]3)CCC=C4)cs2)CC2(C#N)c3ccccc3C1c1ccccc12. The molecule has 0 fully saturated rings. The van der Waals surface area contributed by atoms with E-state index in [1.807, 2.05) is 48.7 Å². The number of thiazole rings is 1. The standard InChI is InChI=1S/C30H25N5OS/c1-29(16-30(17-31)21-10-4-2-8-19(21)26(29)20-9-3-5-11-22(20)30)27(36)35-28-32-18(15-37-28)14-25-33-23-12-6-7-13-24(23)34-25/h2-6,8-12,15,26H,7,13-14,16H2,1H3,(H,33,34)(H,32,35,36). The third-order valence-electron chi connectivity index (χ3n) is 8.26. The van der Waals surface area contributed by atoms with Gasteiger partial charge in [-0.2, -0.15) is 5.26 Å². The first kappa shape index (κ1) is 22.2. The molecule has 4 aliphatic carbocycles. The minimum Gasteiger partial charge on any atom is -0.345 e. The first-order chi connectivity index (χ1) is 18.0. The van der Waals surface area contributed by atoms with E-state index >= 15 is 0 Å². The number of benzene rings is 2. The summed E-state index contributed by atoms with van der Waals surface area (Å²) in [7, 11) is 0. The van der Waals surface area contributed by atoms with Gasteiger partial charge in [0, 0.05) is 23.4 Å². The summed E-state index contributed by atoms with van der Waals surface area (Å²) in [6.07, 6.45) is 7.25. The molecule has 0 radical (unpaired) electrons. The van der Waals surface area contributed by atoms with E-state index in [1.54, 1.807) is 0 Å². The van der Waals surface area contributed by atoms with Crippen LogP contribution in [-0.4, -0.2) is 20.9 Å². The van der Waals surface area contributed by atoms with Gasteiger partial charge in [0.15, 0.2) is 5.13 Å². The highest BCUT2D eigenvalue weighted by molar-refractivity contribution is 7.13. The Kier molecular flexibility index (Phi) is 4.79. The van der Waals surface area contributed by atoms with Crippen molar-refractivity contribution in [1.82, 2.24) is 15.0 Å². The lowest BCUT2D eigenvalue weighted by Crippen LogP contribution is -2.53. The number of nitriles is 1. The Labute approximate surface area is 219 Å². The first-order valence-corrected chi connectivity index (χ1v) is 13.5. The largest absolute Gasteiger partial charge is 0.345 e. The normalized spacial score (nSPS) is 24.6. The number of H-pyrrole nitrogens is 1. The lowest BCUT2D eigenvalue weighted by molar-refractivity contribution is -0.127. The minimum absolute atomic E-state index is 0.0966.